The van der Waals surface area contributed by atoms with Crippen LogP contribution in [0, 0.1) is 5.82 Å². The molecule has 1 fully saturated rings. The zero-order valence-electron chi connectivity index (χ0n) is 12.2. The third-order valence-corrected chi connectivity index (χ3v) is 3.98. The van der Waals surface area contributed by atoms with Gasteiger partial charge in [0.2, 0.25) is 0 Å². The Morgan fingerprint density at radius 1 is 0.952 bits per heavy atom. The van der Waals surface area contributed by atoms with Crippen molar-refractivity contribution in [2.75, 3.05) is 23.3 Å². The summed E-state index contributed by atoms with van der Waals surface area (Å²) in [7, 11) is 0. The van der Waals surface area contributed by atoms with Crippen LogP contribution in [0.2, 0.25) is 0 Å². The van der Waals surface area contributed by atoms with Gasteiger partial charge in [0.25, 0.3) is 0 Å². The van der Waals surface area contributed by atoms with Crippen molar-refractivity contribution in [3.8, 4) is 0 Å². The minimum Gasteiger partial charge on any atom is -0.381 e. The monoisotopic (exact) mass is 284 g/mol. The summed E-state index contributed by atoms with van der Waals surface area (Å²) in [6.45, 7) is 2.64. The molecule has 2 nitrogen and oxygen atoms in total. The Kier molecular flexibility index (Phi) is 4.39. The first-order chi connectivity index (χ1) is 10.3. The number of piperidine rings is 1. The number of hydrogen-bond acceptors (Lipinski definition) is 2. The summed E-state index contributed by atoms with van der Waals surface area (Å²) in [5.41, 5.74) is 2.76. The summed E-state index contributed by atoms with van der Waals surface area (Å²) in [6, 6.07) is 15.6. The Labute approximate surface area is 125 Å². The van der Waals surface area contributed by atoms with E-state index in [1.54, 1.807) is 6.07 Å². The molecule has 2 aromatic carbocycles. The molecule has 0 radical (unpaired) electrons. The molecule has 0 atom stereocenters. The Bertz CT molecular complexity index is 577. The van der Waals surface area contributed by atoms with E-state index in [1.165, 1.54) is 12.0 Å². The maximum atomic E-state index is 14.3. The number of hydrogen-bond donors (Lipinski definition) is 1. The van der Waals surface area contributed by atoms with Gasteiger partial charge in [-0.2, -0.15) is 0 Å². The number of anilines is 2. The van der Waals surface area contributed by atoms with Gasteiger partial charge in [0.05, 0.1) is 5.69 Å². The molecule has 0 aromatic heterocycles. The van der Waals surface area contributed by atoms with E-state index in [9.17, 15) is 4.39 Å². The molecule has 3 heteroatoms. The SMILES string of the molecule is Fc1cc(NCc2ccccc2)ccc1N1CCCCC1. The Morgan fingerprint density at radius 2 is 1.71 bits per heavy atom. The third kappa shape index (κ3) is 3.54. The van der Waals surface area contributed by atoms with Crippen LogP contribution in [0.4, 0.5) is 15.8 Å². The molecule has 110 valence electrons. The van der Waals surface area contributed by atoms with Crippen molar-refractivity contribution in [2.24, 2.45) is 0 Å². The van der Waals surface area contributed by atoms with Gasteiger partial charge in [-0.15, -0.1) is 0 Å². The lowest BCUT2D eigenvalue weighted by atomic mass is 10.1. The fourth-order valence-electron chi connectivity index (χ4n) is 2.81. The molecule has 0 amide bonds. The molecule has 1 aliphatic heterocycles. The van der Waals surface area contributed by atoms with E-state index in [2.05, 4.69) is 22.3 Å². The van der Waals surface area contributed by atoms with Gasteiger partial charge in [-0.25, -0.2) is 4.39 Å². The number of nitrogens with one attached hydrogen (secondary N) is 1. The maximum absolute atomic E-state index is 14.3. The van der Waals surface area contributed by atoms with E-state index in [-0.39, 0.29) is 5.82 Å². The third-order valence-electron chi connectivity index (χ3n) is 3.98. The Balaban J connectivity index is 1.66. The van der Waals surface area contributed by atoms with Crippen LogP contribution in [-0.2, 0) is 6.54 Å². The van der Waals surface area contributed by atoms with Crippen molar-refractivity contribution < 1.29 is 4.39 Å². The van der Waals surface area contributed by atoms with Crippen LogP contribution in [0.3, 0.4) is 0 Å². The molecule has 0 aliphatic carbocycles. The first-order valence-electron chi connectivity index (χ1n) is 7.65. The first-order valence-corrected chi connectivity index (χ1v) is 7.65. The van der Waals surface area contributed by atoms with E-state index in [4.69, 9.17) is 0 Å². The topological polar surface area (TPSA) is 15.3 Å². The molecule has 0 spiro atoms. The minimum atomic E-state index is -0.130. The second kappa shape index (κ2) is 6.61. The predicted octanol–water partition coefficient (Wildman–Crippen LogP) is 4.43. The van der Waals surface area contributed by atoms with E-state index in [1.807, 2.05) is 30.3 Å². The number of rotatable bonds is 4. The van der Waals surface area contributed by atoms with Crippen molar-refractivity contribution in [2.45, 2.75) is 25.8 Å². The van der Waals surface area contributed by atoms with Crippen LogP contribution in [0.1, 0.15) is 24.8 Å². The van der Waals surface area contributed by atoms with Gasteiger partial charge in [-0.05, 0) is 43.0 Å². The molecule has 0 saturated carbocycles. The number of nitrogens with zero attached hydrogens (tertiary/aromatic N) is 1. The van der Waals surface area contributed by atoms with E-state index < -0.39 is 0 Å². The quantitative estimate of drug-likeness (QED) is 0.893. The van der Waals surface area contributed by atoms with Gasteiger partial charge in [0.15, 0.2) is 0 Å². The smallest absolute Gasteiger partial charge is 0.148 e. The maximum Gasteiger partial charge on any atom is 0.148 e. The predicted molar refractivity (Wildman–Crippen MR) is 86.2 cm³/mol. The molecule has 1 saturated heterocycles. The Hall–Kier alpha value is -2.03. The van der Waals surface area contributed by atoms with Crippen LogP contribution >= 0.6 is 0 Å². The van der Waals surface area contributed by atoms with Crippen molar-refractivity contribution >= 4 is 11.4 Å². The second-order valence-corrected chi connectivity index (χ2v) is 5.55. The molecular weight excluding hydrogens is 263 g/mol. The highest BCUT2D eigenvalue weighted by Gasteiger charge is 2.14. The van der Waals surface area contributed by atoms with Gasteiger partial charge in [0.1, 0.15) is 5.82 Å². The van der Waals surface area contributed by atoms with E-state index >= 15 is 0 Å². The highest BCUT2D eigenvalue weighted by Crippen LogP contribution is 2.25. The van der Waals surface area contributed by atoms with Gasteiger partial charge in [-0.1, -0.05) is 30.3 Å². The summed E-state index contributed by atoms with van der Waals surface area (Å²) < 4.78 is 14.3. The lowest BCUT2D eigenvalue weighted by molar-refractivity contribution is 0.557. The van der Waals surface area contributed by atoms with Gasteiger partial charge >= 0.3 is 0 Å². The molecule has 1 aliphatic rings. The van der Waals surface area contributed by atoms with Crippen molar-refractivity contribution in [3.05, 3.63) is 59.9 Å². The largest absolute Gasteiger partial charge is 0.381 e. The van der Waals surface area contributed by atoms with Crippen LogP contribution in [0.5, 0.6) is 0 Å². The van der Waals surface area contributed by atoms with Gasteiger partial charge < -0.3 is 10.2 Å². The zero-order valence-corrected chi connectivity index (χ0v) is 12.2. The fraction of sp³-hybridized carbons (Fsp3) is 0.333. The normalized spacial score (nSPS) is 15.0. The zero-order chi connectivity index (χ0) is 14.5. The molecule has 2 aromatic rings. The highest BCUT2D eigenvalue weighted by molar-refractivity contribution is 5.56. The van der Waals surface area contributed by atoms with E-state index in [0.29, 0.717) is 6.54 Å². The van der Waals surface area contributed by atoms with Crippen LogP contribution in [0.15, 0.2) is 48.5 Å². The van der Waals surface area contributed by atoms with Crippen LogP contribution in [0.25, 0.3) is 0 Å². The van der Waals surface area contributed by atoms with Gasteiger partial charge in [0, 0.05) is 25.3 Å². The summed E-state index contributed by atoms with van der Waals surface area (Å²) in [6.07, 6.45) is 3.58. The molecule has 0 unspecified atom stereocenters. The van der Waals surface area contributed by atoms with E-state index in [0.717, 1.165) is 37.3 Å². The number of benzene rings is 2. The molecule has 1 heterocycles. The van der Waals surface area contributed by atoms with Crippen molar-refractivity contribution in [1.82, 2.24) is 0 Å². The molecular formula is C18H21FN2. The van der Waals surface area contributed by atoms with Gasteiger partial charge in [-0.3, -0.25) is 0 Å². The summed E-state index contributed by atoms with van der Waals surface area (Å²) in [4.78, 5) is 2.15. The van der Waals surface area contributed by atoms with Crippen LogP contribution < -0.4 is 10.2 Å². The molecule has 0 bridgehead atoms. The molecule has 21 heavy (non-hydrogen) atoms. The molecule has 3 rings (SSSR count). The standard InChI is InChI=1S/C18H21FN2/c19-17-13-16(20-14-15-7-3-1-4-8-15)9-10-18(17)21-11-5-2-6-12-21/h1,3-4,7-10,13,20H,2,5-6,11-12,14H2. The summed E-state index contributed by atoms with van der Waals surface area (Å²) in [5.74, 6) is -0.130. The Morgan fingerprint density at radius 3 is 2.43 bits per heavy atom. The number of halogens is 1. The summed E-state index contributed by atoms with van der Waals surface area (Å²) in [5, 5.41) is 3.27. The van der Waals surface area contributed by atoms with Crippen molar-refractivity contribution in [3.63, 3.8) is 0 Å². The highest BCUT2D eigenvalue weighted by atomic mass is 19.1. The fourth-order valence-corrected chi connectivity index (χ4v) is 2.81. The summed E-state index contributed by atoms with van der Waals surface area (Å²) >= 11 is 0. The average Bonchev–Trinajstić information content (AvgIpc) is 2.55. The second-order valence-electron chi connectivity index (χ2n) is 5.55. The lowest BCUT2D eigenvalue weighted by Gasteiger charge is -2.29. The first kappa shape index (κ1) is 13.9. The van der Waals surface area contributed by atoms with Crippen molar-refractivity contribution in [1.29, 1.82) is 0 Å². The molecule has 1 N–H and O–H groups in total. The average molecular weight is 284 g/mol. The van der Waals surface area contributed by atoms with Crippen LogP contribution in [-0.4, -0.2) is 13.1 Å². The minimum absolute atomic E-state index is 0.130. The lowest BCUT2D eigenvalue weighted by Crippen LogP contribution is -2.30.